The quantitative estimate of drug-likeness (QED) is 0.510. The number of hydrogen-bond acceptors (Lipinski definition) is 7. The number of carbonyl (C=O) groups excluding carboxylic acids is 1. The van der Waals surface area contributed by atoms with E-state index in [1.165, 1.54) is 6.08 Å². The average Bonchev–Trinajstić information content (AvgIpc) is 2.51. The molecule has 10 nitrogen and oxygen atoms in total. The number of benzene rings is 1. The number of aromatic amines is 1. The first kappa shape index (κ1) is 16.7. The summed E-state index contributed by atoms with van der Waals surface area (Å²) in [6.45, 7) is -0.234. The Bertz CT molecular complexity index is 857. The van der Waals surface area contributed by atoms with Crippen LogP contribution in [0.15, 0.2) is 29.1 Å². The summed E-state index contributed by atoms with van der Waals surface area (Å²) in [4.78, 5) is 37.4. The van der Waals surface area contributed by atoms with Crippen molar-refractivity contribution in [3.63, 3.8) is 0 Å². The van der Waals surface area contributed by atoms with Crippen LogP contribution in [0.3, 0.4) is 0 Å². The van der Waals surface area contributed by atoms with Gasteiger partial charge in [-0.05, 0) is 23.8 Å². The molecule has 0 bridgehead atoms. The van der Waals surface area contributed by atoms with Crippen molar-refractivity contribution in [1.82, 2.24) is 9.97 Å². The Labute approximate surface area is 134 Å². The molecule has 1 heterocycles. The van der Waals surface area contributed by atoms with E-state index in [4.69, 9.17) is 10.5 Å². The number of rotatable bonds is 6. The van der Waals surface area contributed by atoms with E-state index in [0.717, 1.165) is 0 Å². The Balaban J connectivity index is 2.15. The van der Waals surface area contributed by atoms with Gasteiger partial charge in [0.25, 0.3) is 11.8 Å². The Hall–Kier alpha value is -3.69. The standard InChI is InChI=1S/C14H12N4O6/c15-10(19)7-24-9-4-1-8(2-5-9)3-6-11-16-13(20)12(18(22)23)14(21)17-11/h1-6H,7H2,(H2,15,19)(H2,16,17,20,21)/b6-3+. The minimum absolute atomic E-state index is 0.0443. The lowest BCUT2D eigenvalue weighted by molar-refractivity contribution is -0.387. The summed E-state index contributed by atoms with van der Waals surface area (Å²) in [6.07, 6.45) is 2.92. The maximum atomic E-state index is 11.5. The number of nitrogens with two attached hydrogens (primary N) is 1. The number of H-pyrrole nitrogens is 1. The molecule has 0 saturated heterocycles. The van der Waals surface area contributed by atoms with E-state index in [2.05, 4.69) is 9.97 Å². The molecular formula is C14H12N4O6. The number of aromatic hydroxyl groups is 1. The van der Waals surface area contributed by atoms with Crippen molar-refractivity contribution in [1.29, 1.82) is 0 Å². The molecule has 10 heteroatoms. The van der Waals surface area contributed by atoms with E-state index < -0.39 is 28.0 Å². The van der Waals surface area contributed by atoms with Crippen LogP contribution in [0, 0.1) is 10.1 Å². The molecule has 0 unspecified atom stereocenters. The molecule has 0 atom stereocenters. The molecule has 2 aromatic rings. The normalized spacial score (nSPS) is 10.7. The van der Waals surface area contributed by atoms with Crippen LogP contribution in [0.2, 0.25) is 0 Å². The Morgan fingerprint density at radius 2 is 2.04 bits per heavy atom. The molecule has 1 aromatic carbocycles. The minimum Gasteiger partial charge on any atom is -0.488 e. The van der Waals surface area contributed by atoms with Crippen LogP contribution in [-0.2, 0) is 4.79 Å². The zero-order valence-corrected chi connectivity index (χ0v) is 12.1. The second-order valence-corrected chi connectivity index (χ2v) is 4.54. The highest BCUT2D eigenvalue weighted by Gasteiger charge is 2.21. The van der Waals surface area contributed by atoms with Crippen molar-refractivity contribution < 1.29 is 19.6 Å². The average molecular weight is 332 g/mol. The Kier molecular flexibility index (Phi) is 4.90. The van der Waals surface area contributed by atoms with Crippen molar-refractivity contribution in [2.45, 2.75) is 0 Å². The van der Waals surface area contributed by atoms with Crippen molar-refractivity contribution in [3.05, 3.63) is 56.1 Å². The van der Waals surface area contributed by atoms with E-state index in [1.54, 1.807) is 30.3 Å². The minimum atomic E-state index is -1.05. The fourth-order valence-electron chi connectivity index (χ4n) is 1.72. The summed E-state index contributed by atoms with van der Waals surface area (Å²) in [5.41, 5.74) is 3.59. The van der Waals surface area contributed by atoms with Gasteiger partial charge in [-0.25, -0.2) is 0 Å². The van der Waals surface area contributed by atoms with Gasteiger partial charge in [-0.15, -0.1) is 0 Å². The zero-order valence-electron chi connectivity index (χ0n) is 12.1. The van der Waals surface area contributed by atoms with Crippen LogP contribution >= 0.6 is 0 Å². The van der Waals surface area contributed by atoms with E-state index >= 15 is 0 Å². The van der Waals surface area contributed by atoms with Gasteiger partial charge in [0.05, 0.1) is 4.92 Å². The third-order valence-electron chi connectivity index (χ3n) is 2.77. The summed E-state index contributed by atoms with van der Waals surface area (Å²) in [5.74, 6) is -1.15. The summed E-state index contributed by atoms with van der Waals surface area (Å²) in [5, 5.41) is 20.0. The molecule has 0 saturated carbocycles. The van der Waals surface area contributed by atoms with E-state index in [1.807, 2.05) is 0 Å². The predicted molar refractivity (Wildman–Crippen MR) is 83.2 cm³/mol. The van der Waals surface area contributed by atoms with Crippen LogP contribution in [-0.4, -0.2) is 32.5 Å². The molecule has 0 radical (unpaired) electrons. The highest BCUT2D eigenvalue weighted by Crippen LogP contribution is 2.18. The van der Waals surface area contributed by atoms with Gasteiger partial charge in [0, 0.05) is 0 Å². The third kappa shape index (κ3) is 4.16. The molecule has 24 heavy (non-hydrogen) atoms. The number of carbonyl (C=O) groups is 1. The maximum Gasteiger partial charge on any atom is 0.395 e. The molecule has 4 N–H and O–H groups in total. The van der Waals surface area contributed by atoms with Crippen LogP contribution in [0.1, 0.15) is 11.4 Å². The summed E-state index contributed by atoms with van der Waals surface area (Å²) < 4.78 is 5.10. The first-order valence-corrected chi connectivity index (χ1v) is 6.53. The second-order valence-electron chi connectivity index (χ2n) is 4.54. The summed E-state index contributed by atoms with van der Waals surface area (Å²) in [6, 6.07) is 6.53. The van der Waals surface area contributed by atoms with Crippen LogP contribution in [0.4, 0.5) is 5.69 Å². The smallest absolute Gasteiger partial charge is 0.395 e. The number of nitro groups is 1. The SMILES string of the molecule is NC(=O)COc1ccc(/C=C/c2nc(O)c([N+](=O)[O-])c(=O)[nH]2)cc1. The highest BCUT2D eigenvalue weighted by molar-refractivity contribution is 5.75. The Morgan fingerprint density at radius 3 is 2.58 bits per heavy atom. The van der Waals surface area contributed by atoms with Crippen molar-refractivity contribution in [3.8, 4) is 11.6 Å². The van der Waals surface area contributed by atoms with Gasteiger partial charge in [-0.2, -0.15) is 4.98 Å². The van der Waals surface area contributed by atoms with Gasteiger partial charge in [-0.1, -0.05) is 18.2 Å². The molecule has 0 fully saturated rings. The number of nitrogens with zero attached hydrogens (tertiary/aromatic N) is 2. The second kappa shape index (κ2) is 7.05. The van der Waals surface area contributed by atoms with E-state index in [-0.39, 0.29) is 12.4 Å². The fraction of sp³-hybridized carbons (Fsp3) is 0.0714. The van der Waals surface area contributed by atoms with Crippen LogP contribution in [0.5, 0.6) is 11.6 Å². The first-order valence-electron chi connectivity index (χ1n) is 6.53. The molecule has 0 aliphatic carbocycles. The maximum absolute atomic E-state index is 11.5. The third-order valence-corrected chi connectivity index (χ3v) is 2.77. The van der Waals surface area contributed by atoms with Gasteiger partial charge >= 0.3 is 11.2 Å². The topological polar surface area (TPSA) is 161 Å². The molecule has 0 spiro atoms. The van der Waals surface area contributed by atoms with Gasteiger partial charge in [0.15, 0.2) is 6.61 Å². The monoisotopic (exact) mass is 332 g/mol. The number of primary amides is 1. The van der Waals surface area contributed by atoms with Gasteiger partial charge < -0.3 is 20.6 Å². The van der Waals surface area contributed by atoms with Gasteiger partial charge in [-0.3, -0.25) is 19.7 Å². The summed E-state index contributed by atoms with van der Waals surface area (Å²) >= 11 is 0. The largest absolute Gasteiger partial charge is 0.488 e. The van der Waals surface area contributed by atoms with E-state index in [0.29, 0.717) is 11.3 Å². The van der Waals surface area contributed by atoms with Crippen molar-refractivity contribution >= 4 is 23.7 Å². The zero-order chi connectivity index (χ0) is 17.7. The molecule has 124 valence electrons. The number of nitrogens with one attached hydrogen (secondary N) is 1. The lowest BCUT2D eigenvalue weighted by atomic mass is 10.2. The van der Waals surface area contributed by atoms with Gasteiger partial charge in [0.2, 0.25) is 0 Å². The summed E-state index contributed by atoms with van der Waals surface area (Å²) in [7, 11) is 0. The number of aromatic nitrogens is 2. The van der Waals surface area contributed by atoms with Crippen molar-refractivity contribution in [2.24, 2.45) is 5.73 Å². The number of ether oxygens (including phenoxy) is 1. The predicted octanol–water partition coefficient (Wildman–Crippen LogP) is 0.418. The lowest BCUT2D eigenvalue weighted by Crippen LogP contribution is -2.19. The first-order chi connectivity index (χ1) is 11.4. The number of hydrogen-bond donors (Lipinski definition) is 3. The number of amides is 1. The lowest BCUT2D eigenvalue weighted by Gasteiger charge is -2.03. The molecule has 2 rings (SSSR count). The fourth-order valence-corrected chi connectivity index (χ4v) is 1.72. The van der Waals surface area contributed by atoms with Crippen LogP contribution in [0.25, 0.3) is 12.2 Å². The van der Waals surface area contributed by atoms with Crippen molar-refractivity contribution in [2.75, 3.05) is 6.61 Å². The molecule has 1 amide bonds. The molecule has 0 aliphatic rings. The Morgan fingerprint density at radius 1 is 1.38 bits per heavy atom. The van der Waals surface area contributed by atoms with E-state index in [9.17, 15) is 24.8 Å². The van der Waals surface area contributed by atoms with Gasteiger partial charge in [0.1, 0.15) is 11.6 Å². The molecular weight excluding hydrogens is 320 g/mol. The highest BCUT2D eigenvalue weighted by atomic mass is 16.6. The molecule has 0 aliphatic heterocycles. The van der Waals surface area contributed by atoms with Crippen LogP contribution < -0.4 is 16.0 Å². The molecule has 1 aromatic heterocycles.